The molecule has 112 valence electrons. The van der Waals surface area contributed by atoms with E-state index in [1.54, 1.807) is 24.3 Å². The van der Waals surface area contributed by atoms with E-state index in [9.17, 15) is 9.59 Å². The molecule has 0 spiro atoms. The van der Waals surface area contributed by atoms with Gasteiger partial charge in [0, 0.05) is 5.56 Å². The van der Waals surface area contributed by atoms with Crippen molar-refractivity contribution in [1.29, 1.82) is 0 Å². The standard InChI is InChI=1S/C18H22O3/c1-18(2)14-8-12(9-15(18)10-14)11-21-17(20)16(19)13-6-4-3-5-7-13/h3-7,12,14-15H,8-11H2,1-2H3/t14-,15-/m0/s1. The van der Waals surface area contributed by atoms with E-state index < -0.39 is 11.8 Å². The van der Waals surface area contributed by atoms with Crippen LogP contribution in [0.3, 0.4) is 0 Å². The van der Waals surface area contributed by atoms with Crippen LogP contribution in [0.25, 0.3) is 0 Å². The minimum atomic E-state index is -0.722. The molecule has 4 rings (SSSR count). The summed E-state index contributed by atoms with van der Waals surface area (Å²) in [5.74, 6) is 0.667. The minimum Gasteiger partial charge on any atom is -0.459 e. The summed E-state index contributed by atoms with van der Waals surface area (Å²) in [5, 5.41) is 0. The Balaban J connectivity index is 1.50. The number of hydrogen-bond acceptors (Lipinski definition) is 3. The summed E-state index contributed by atoms with van der Waals surface area (Å²) in [5.41, 5.74) is 0.857. The third kappa shape index (κ3) is 2.61. The number of esters is 1. The van der Waals surface area contributed by atoms with Gasteiger partial charge in [-0.25, -0.2) is 4.79 Å². The van der Waals surface area contributed by atoms with Crippen LogP contribution < -0.4 is 0 Å². The van der Waals surface area contributed by atoms with Crippen LogP contribution in [0.15, 0.2) is 30.3 Å². The Morgan fingerprint density at radius 1 is 1.10 bits per heavy atom. The van der Waals surface area contributed by atoms with Gasteiger partial charge in [-0.1, -0.05) is 44.2 Å². The molecule has 3 saturated carbocycles. The predicted molar refractivity (Wildman–Crippen MR) is 79.8 cm³/mol. The van der Waals surface area contributed by atoms with Gasteiger partial charge in [0.15, 0.2) is 0 Å². The fourth-order valence-corrected chi connectivity index (χ4v) is 3.93. The summed E-state index contributed by atoms with van der Waals surface area (Å²) in [6, 6.07) is 8.59. The van der Waals surface area contributed by atoms with Crippen LogP contribution in [-0.4, -0.2) is 18.4 Å². The van der Waals surface area contributed by atoms with Crippen LogP contribution >= 0.6 is 0 Å². The Kier molecular flexibility index (Phi) is 3.60. The maximum absolute atomic E-state index is 11.9. The zero-order valence-corrected chi connectivity index (χ0v) is 12.7. The smallest absolute Gasteiger partial charge is 0.379 e. The van der Waals surface area contributed by atoms with E-state index in [1.165, 1.54) is 6.42 Å². The van der Waals surface area contributed by atoms with Gasteiger partial charge in [0.05, 0.1) is 6.61 Å². The average Bonchev–Trinajstić information content (AvgIpc) is 2.52. The number of rotatable bonds is 4. The molecule has 3 aliphatic carbocycles. The second kappa shape index (κ2) is 5.28. The highest BCUT2D eigenvalue weighted by atomic mass is 16.5. The largest absolute Gasteiger partial charge is 0.459 e. The highest BCUT2D eigenvalue weighted by Gasteiger charge is 2.52. The highest BCUT2D eigenvalue weighted by molar-refractivity contribution is 6.40. The van der Waals surface area contributed by atoms with Crippen molar-refractivity contribution in [3.8, 4) is 0 Å². The highest BCUT2D eigenvalue weighted by Crippen LogP contribution is 2.60. The molecule has 2 bridgehead atoms. The van der Waals surface area contributed by atoms with Crippen LogP contribution in [0.1, 0.15) is 43.5 Å². The van der Waals surface area contributed by atoms with Crippen molar-refractivity contribution in [1.82, 2.24) is 0 Å². The number of benzene rings is 1. The van der Waals surface area contributed by atoms with Crippen LogP contribution in [-0.2, 0) is 9.53 Å². The Morgan fingerprint density at radius 2 is 1.71 bits per heavy atom. The molecule has 0 heterocycles. The first-order valence-electron chi connectivity index (χ1n) is 7.75. The number of ketones is 1. The second-order valence-corrected chi connectivity index (χ2v) is 7.08. The Labute approximate surface area is 125 Å². The lowest BCUT2D eigenvalue weighted by atomic mass is 9.47. The Bertz CT molecular complexity index is 533. The first-order chi connectivity index (χ1) is 9.98. The summed E-state index contributed by atoms with van der Waals surface area (Å²) in [6.07, 6.45) is 3.56. The number of ether oxygens (including phenoxy) is 1. The van der Waals surface area contributed by atoms with Gasteiger partial charge < -0.3 is 4.74 Å². The molecule has 0 unspecified atom stereocenters. The molecule has 0 radical (unpaired) electrons. The van der Waals surface area contributed by atoms with Crippen molar-refractivity contribution in [3.05, 3.63) is 35.9 Å². The SMILES string of the molecule is CC1(C)[C@H]2CC(COC(=O)C(=O)c3ccccc3)C[C@H]1C2. The number of fused-ring (bicyclic) bond motifs is 2. The maximum atomic E-state index is 11.9. The van der Waals surface area contributed by atoms with E-state index >= 15 is 0 Å². The van der Waals surface area contributed by atoms with E-state index in [1.807, 2.05) is 6.07 Å². The van der Waals surface area contributed by atoms with E-state index in [2.05, 4.69) is 13.8 Å². The summed E-state index contributed by atoms with van der Waals surface area (Å²) >= 11 is 0. The summed E-state index contributed by atoms with van der Waals surface area (Å²) < 4.78 is 5.25. The minimum absolute atomic E-state index is 0.389. The van der Waals surface area contributed by atoms with Gasteiger partial charge in [-0.2, -0.15) is 0 Å². The monoisotopic (exact) mass is 286 g/mol. The lowest BCUT2D eigenvalue weighted by Crippen LogP contribution is -2.51. The molecule has 0 aliphatic heterocycles. The van der Waals surface area contributed by atoms with Crippen LogP contribution in [0.5, 0.6) is 0 Å². The quantitative estimate of drug-likeness (QED) is 0.483. The first kappa shape index (κ1) is 14.3. The number of carbonyl (C=O) groups excluding carboxylic acids is 2. The zero-order chi connectivity index (χ0) is 15.0. The molecule has 0 saturated heterocycles. The molecular formula is C18H22O3. The number of carbonyl (C=O) groups is 2. The van der Waals surface area contributed by atoms with Gasteiger partial charge in [-0.15, -0.1) is 0 Å². The summed E-state index contributed by atoms with van der Waals surface area (Å²) in [7, 11) is 0. The van der Waals surface area contributed by atoms with Gasteiger partial charge in [-0.05, 0) is 42.4 Å². The molecule has 0 aromatic heterocycles. The van der Waals surface area contributed by atoms with E-state index in [0.717, 1.165) is 24.7 Å². The lowest BCUT2D eigenvalue weighted by molar-refractivity contribution is -0.145. The molecule has 3 nitrogen and oxygen atoms in total. The predicted octanol–water partition coefficient (Wildman–Crippen LogP) is 3.48. The van der Waals surface area contributed by atoms with E-state index in [0.29, 0.717) is 23.5 Å². The van der Waals surface area contributed by atoms with Crippen molar-refractivity contribution < 1.29 is 14.3 Å². The first-order valence-corrected chi connectivity index (χ1v) is 7.75. The topological polar surface area (TPSA) is 43.4 Å². The van der Waals surface area contributed by atoms with E-state index in [4.69, 9.17) is 4.74 Å². The molecular weight excluding hydrogens is 264 g/mol. The molecule has 3 heteroatoms. The average molecular weight is 286 g/mol. The van der Waals surface area contributed by atoms with Gasteiger partial charge in [0.25, 0.3) is 5.78 Å². The van der Waals surface area contributed by atoms with E-state index in [-0.39, 0.29) is 0 Å². The molecule has 1 aromatic carbocycles. The van der Waals surface area contributed by atoms with Gasteiger partial charge in [0.2, 0.25) is 0 Å². The van der Waals surface area contributed by atoms with Crippen molar-refractivity contribution in [2.45, 2.75) is 33.1 Å². The fraction of sp³-hybridized carbons (Fsp3) is 0.556. The molecule has 3 fully saturated rings. The van der Waals surface area contributed by atoms with Gasteiger partial charge >= 0.3 is 5.97 Å². The van der Waals surface area contributed by atoms with Crippen LogP contribution in [0.2, 0.25) is 0 Å². The zero-order valence-electron chi connectivity index (χ0n) is 12.7. The molecule has 0 N–H and O–H groups in total. The molecule has 21 heavy (non-hydrogen) atoms. The molecule has 2 atom stereocenters. The van der Waals surface area contributed by atoms with Crippen LogP contribution in [0, 0.1) is 23.2 Å². The fourth-order valence-electron chi connectivity index (χ4n) is 3.93. The third-order valence-electron chi connectivity index (χ3n) is 5.58. The number of Topliss-reactive ketones (excluding diaryl/α,β-unsaturated/α-hetero) is 1. The second-order valence-electron chi connectivity index (χ2n) is 7.08. The molecule has 0 amide bonds. The van der Waals surface area contributed by atoms with Gasteiger partial charge in [-0.3, -0.25) is 4.79 Å². The lowest BCUT2D eigenvalue weighted by Gasteiger charge is -2.58. The Hall–Kier alpha value is -1.64. The van der Waals surface area contributed by atoms with Crippen molar-refractivity contribution >= 4 is 11.8 Å². The molecule has 1 aromatic rings. The number of hydrogen-bond donors (Lipinski definition) is 0. The summed E-state index contributed by atoms with van der Waals surface area (Å²) in [4.78, 5) is 23.8. The van der Waals surface area contributed by atoms with Gasteiger partial charge in [0.1, 0.15) is 0 Å². The Morgan fingerprint density at radius 3 is 2.29 bits per heavy atom. The normalized spacial score (nSPS) is 29.3. The van der Waals surface area contributed by atoms with Crippen molar-refractivity contribution in [2.75, 3.05) is 6.61 Å². The van der Waals surface area contributed by atoms with Crippen LogP contribution in [0.4, 0.5) is 0 Å². The van der Waals surface area contributed by atoms with Crippen molar-refractivity contribution in [3.63, 3.8) is 0 Å². The third-order valence-corrected chi connectivity index (χ3v) is 5.58. The van der Waals surface area contributed by atoms with Crippen molar-refractivity contribution in [2.24, 2.45) is 23.2 Å². The molecule has 3 aliphatic rings. The maximum Gasteiger partial charge on any atom is 0.379 e. The summed E-state index contributed by atoms with van der Waals surface area (Å²) in [6.45, 7) is 5.07.